The van der Waals surface area contributed by atoms with E-state index in [1.54, 1.807) is 0 Å². The van der Waals surface area contributed by atoms with E-state index < -0.39 is 5.91 Å². The predicted molar refractivity (Wildman–Crippen MR) is 56.4 cm³/mol. The lowest BCUT2D eigenvalue weighted by molar-refractivity contribution is 0.101. The monoisotopic (exact) mass is 258 g/mol. The van der Waals surface area contributed by atoms with Gasteiger partial charge in [0, 0.05) is 0 Å². The highest BCUT2D eigenvalue weighted by Gasteiger charge is 2.14. The summed E-state index contributed by atoms with van der Waals surface area (Å²) in [6.45, 7) is 0. The van der Waals surface area contributed by atoms with Crippen molar-refractivity contribution < 1.29 is 4.79 Å². The van der Waals surface area contributed by atoms with Crippen LogP contribution in [0.15, 0.2) is 12.7 Å². The number of carbonyl (C=O) groups is 1. The zero-order valence-corrected chi connectivity index (χ0v) is 9.12. The lowest BCUT2D eigenvalue weighted by Gasteiger charge is -2.05. The molecule has 2 heterocycles. The second-order valence-corrected chi connectivity index (χ2v) is 3.33. The van der Waals surface area contributed by atoms with E-state index in [0.29, 0.717) is 0 Å². The number of nitrogens with zero attached hydrogens (tertiary/aromatic N) is 4. The summed E-state index contributed by atoms with van der Waals surface area (Å²) in [4.78, 5) is 22.6. The number of amides is 1. The molecule has 0 bridgehead atoms. The van der Waals surface area contributed by atoms with E-state index in [1.165, 1.54) is 12.7 Å². The first-order valence-corrected chi connectivity index (χ1v) is 4.77. The highest BCUT2D eigenvalue weighted by molar-refractivity contribution is 6.38. The number of hydrogen-bond donors (Lipinski definition) is 2. The molecule has 16 heavy (non-hydrogen) atoms. The number of anilines is 1. The second-order valence-electron chi connectivity index (χ2n) is 2.62. The molecule has 0 aliphatic heterocycles. The Labute approximate surface area is 99.2 Å². The first-order chi connectivity index (χ1) is 7.68. The largest absolute Gasteiger partial charge is 0.314 e. The van der Waals surface area contributed by atoms with E-state index in [0.717, 1.165) is 0 Å². The van der Waals surface area contributed by atoms with Crippen LogP contribution in [0.3, 0.4) is 0 Å². The number of rotatable bonds is 2. The summed E-state index contributed by atoms with van der Waals surface area (Å²) < 4.78 is 0. The number of H-pyrrole nitrogens is 1. The van der Waals surface area contributed by atoms with Gasteiger partial charge in [-0.3, -0.25) is 9.89 Å². The van der Waals surface area contributed by atoms with Crippen LogP contribution in [-0.2, 0) is 0 Å². The molecule has 0 radical (unpaired) electrons. The summed E-state index contributed by atoms with van der Waals surface area (Å²) in [7, 11) is 0. The number of hydrogen-bond acceptors (Lipinski definition) is 5. The number of nitrogens with one attached hydrogen (secondary N) is 2. The Morgan fingerprint density at radius 1 is 1.19 bits per heavy atom. The minimum atomic E-state index is -0.531. The molecule has 2 aromatic heterocycles. The van der Waals surface area contributed by atoms with Gasteiger partial charge in [-0.25, -0.2) is 15.0 Å². The predicted octanol–water partition coefficient (Wildman–Crippen LogP) is 1.15. The van der Waals surface area contributed by atoms with Gasteiger partial charge in [0.2, 0.25) is 5.82 Å². The maximum absolute atomic E-state index is 11.6. The van der Waals surface area contributed by atoms with Crippen molar-refractivity contribution >= 4 is 34.8 Å². The molecule has 0 saturated carbocycles. The number of halogens is 2. The molecule has 2 aromatic rings. The van der Waals surface area contributed by atoms with Crippen molar-refractivity contribution in [2.24, 2.45) is 0 Å². The fourth-order valence-corrected chi connectivity index (χ4v) is 1.34. The van der Waals surface area contributed by atoms with Crippen molar-refractivity contribution in [1.29, 1.82) is 0 Å². The summed E-state index contributed by atoms with van der Waals surface area (Å²) >= 11 is 11.5. The highest BCUT2D eigenvalue weighted by Crippen LogP contribution is 2.25. The SMILES string of the molecule is O=C(Nc1c(Cl)ncnc1Cl)c1ncn[nH]1. The molecule has 0 saturated heterocycles. The van der Waals surface area contributed by atoms with Crippen molar-refractivity contribution in [2.45, 2.75) is 0 Å². The molecule has 0 fully saturated rings. The molecule has 1 amide bonds. The smallest absolute Gasteiger partial charge is 0.293 e. The summed E-state index contributed by atoms with van der Waals surface area (Å²) in [6, 6.07) is 0. The van der Waals surface area contributed by atoms with E-state index in [-0.39, 0.29) is 21.8 Å². The molecule has 0 spiro atoms. The zero-order valence-electron chi connectivity index (χ0n) is 7.61. The second kappa shape index (κ2) is 4.42. The van der Waals surface area contributed by atoms with Crippen LogP contribution < -0.4 is 5.32 Å². The van der Waals surface area contributed by atoms with Crippen LogP contribution in [0.2, 0.25) is 10.3 Å². The summed E-state index contributed by atoms with van der Waals surface area (Å²) in [5, 5.41) is 8.45. The standard InChI is InChI=1S/C7H4Cl2N6O/c8-4-3(5(9)11-1-10-4)14-7(16)6-12-2-13-15-6/h1-2H,(H,14,16)(H,12,13,15). The molecule has 7 nitrogen and oxygen atoms in total. The van der Waals surface area contributed by atoms with E-state index in [9.17, 15) is 4.79 Å². The molecule has 2 N–H and O–H groups in total. The molecule has 82 valence electrons. The molecular formula is C7H4Cl2N6O. The Bertz CT molecular complexity index is 493. The van der Waals surface area contributed by atoms with Gasteiger partial charge >= 0.3 is 0 Å². The van der Waals surface area contributed by atoms with E-state index >= 15 is 0 Å². The van der Waals surface area contributed by atoms with Gasteiger partial charge in [-0.05, 0) is 0 Å². The fraction of sp³-hybridized carbons (Fsp3) is 0. The highest BCUT2D eigenvalue weighted by atomic mass is 35.5. The number of aromatic amines is 1. The zero-order chi connectivity index (χ0) is 11.5. The van der Waals surface area contributed by atoms with Gasteiger partial charge in [0.1, 0.15) is 18.3 Å². The van der Waals surface area contributed by atoms with Crippen LogP contribution in [0.5, 0.6) is 0 Å². The van der Waals surface area contributed by atoms with E-state index in [2.05, 4.69) is 30.5 Å². The maximum Gasteiger partial charge on any atom is 0.293 e. The third-order valence-electron chi connectivity index (χ3n) is 1.62. The van der Waals surface area contributed by atoms with Gasteiger partial charge in [0.25, 0.3) is 5.91 Å². The van der Waals surface area contributed by atoms with Gasteiger partial charge in [-0.15, -0.1) is 0 Å². The van der Waals surface area contributed by atoms with Crippen molar-refractivity contribution in [3.8, 4) is 0 Å². The van der Waals surface area contributed by atoms with Crippen LogP contribution in [0.4, 0.5) is 5.69 Å². The Balaban J connectivity index is 2.25. The lowest BCUT2D eigenvalue weighted by atomic mass is 10.4. The Morgan fingerprint density at radius 3 is 2.44 bits per heavy atom. The van der Waals surface area contributed by atoms with Crippen molar-refractivity contribution in [3.05, 3.63) is 28.8 Å². The minimum absolute atomic E-state index is 0.0380. The Hall–Kier alpha value is -1.73. The molecule has 9 heteroatoms. The Kier molecular flexibility index (Phi) is 2.97. The summed E-state index contributed by atoms with van der Waals surface area (Å²) in [5.74, 6) is -0.493. The summed E-state index contributed by atoms with van der Waals surface area (Å²) in [5.41, 5.74) is 0.132. The van der Waals surface area contributed by atoms with Crippen molar-refractivity contribution in [1.82, 2.24) is 25.1 Å². The van der Waals surface area contributed by atoms with Gasteiger partial charge in [0.15, 0.2) is 10.3 Å². The fourth-order valence-electron chi connectivity index (χ4n) is 0.935. The molecule has 0 atom stereocenters. The maximum atomic E-state index is 11.6. The molecule has 0 unspecified atom stereocenters. The topological polar surface area (TPSA) is 96.5 Å². The van der Waals surface area contributed by atoms with Crippen LogP contribution in [0, 0.1) is 0 Å². The van der Waals surface area contributed by atoms with Crippen LogP contribution in [-0.4, -0.2) is 31.1 Å². The normalized spacial score (nSPS) is 10.1. The third-order valence-corrected chi connectivity index (χ3v) is 2.20. The molecule has 0 aliphatic rings. The first-order valence-electron chi connectivity index (χ1n) is 4.01. The van der Waals surface area contributed by atoms with E-state index in [1.807, 2.05) is 0 Å². The van der Waals surface area contributed by atoms with Crippen LogP contribution in [0.25, 0.3) is 0 Å². The minimum Gasteiger partial charge on any atom is -0.314 e. The van der Waals surface area contributed by atoms with E-state index in [4.69, 9.17) is 23.2 Å². The molecule has 0 aliphatic carbocycles. The summed E-state index contributed by atoms with van der Waals surface area (Å²) in [6.07, 6.45) is 2.40. The first kappa shape index (κ1) is 10.8. The molecule has 2 rings (SSSR count). The van der Waals surface area contributed by atoms with Crippen LogP contribution in [0.1, 0.15) is 10.6 Å². The van der Waals surface area contributed by atoms with Gasteiger partial charge < -0.3 is 5.32 Å². The third kappa shape index (κ3) is 2.10. The lowest BCUT2D eigenvalue weighted by Crippen LogP contribution is -2.15. The number of carbonyl (C=O) groups excluding carboxylic acids is 1. The Morgan fingerprint density at radius 2 is 1.88 bits per heavy atom. The quantitative estimate of drug-likeness (QED) is 0.788. The molecule has 0 aromatic carbocycles. The average molecular weight is 259 g/mol. The van der Waals surface area contributed by atoms with Gasteiger partial charge in [-0.1, -0.05) is 23.2 Å². The average Bonchev–Trinajstić information content (AvgIpc) is 2.76. The van der Waals surface area contributed by atoms with Crippen LogP contribution >= 0.6 is 23.2 Å². The molecular weight excluding hydrogens is 255 g/mol. The number of aromatic nitrogens is 5. The van der Waals surface area contributed by atoms with Gasteiger partial charge in [-0.2, -0.15) is 5.10 Å². The van der Waals surface area contributed by atoms with Gasteiger partial charge in [0.05, 0.1) is 0 Å². The van der Waals surface area contributed by atoms with Crippen molar-refractivity contribution in [3.63, 3.8) is 0 Å². The van der Waals surface area contributed by atoms with Crippen molar-refractivity contribution in [2.75, 3.05) is 5.32 Å².